The van der Waals surface area contributed by atoms with Gasteiger partial charge in [-0.15, -0.1) is 0 Å². The molecule has 0 saturated carbocycles. The van der Waals surface area contributed by atoms with E-state index in [0.29, 0.717) is 17.3 Å². The van der Waals surface area contributed by atoms with Crippen LogP contribution in [0.3, 0.4) is 0 Å². The summed E-state index contributed by atoms with van der Waals surface area (Å²) < 4.78 is 5.78. The average Bonchev–Trinajstić information content (AvgIpc) is 3.08. The van der Waals surface area contributed by atoms with Crippen molar-refractivity contribution in [3.8, 4) is 0 Å². The van der Waals surface area contributed by atoms with E-state index in [1.807, 2.05) is 6.08 Å². The van der Waals surface area contributed by atoms with Crippen LogP contribution in [0.1, 0.15) is 0 Å². The number of fused-ring (bicyclic) bond motifs is 1. The van der Waals surface area contributed by atoms with E-state index in [0.717, 1.165) is 0 Å². The summed E-state index contributed by atoms with van der Waals surface area (Å²) in [6.07, 6.45) is 2.97. The highest BCUT2D eigenvalue weighted by molar-refractivity contribution is 6.30. The van der Waals surface area contributed by atoms with Crippen molar-refractivity contribution >= 4 is 29.2 Å². The van der Waals surface area contributed by atoms with E-state index in [-0.39, 0.29) is 5.91 Å². The minimum Gasteiger partial charge on any atom is -0.550 e. The van der Waals surface area contributed by atoms with Gasteiger partial charge >= 0.3 is 0 Å². The lowest BCUT2D eigenvalue weighted by Crippen LogP contribution is -2.45. The lowest BCUT2D eigenvalue weighted by Gasteiger charge is -2.24. The first-order valence-electron chi connectivity index (χ1n) is 6.67. The maximum atomic E-state index is 12.7. The van der Waals surface area contributed by atoms with Crippen molar-refractivity contribution in [2.45, 2.75) is 11.7 Å². The number of carbonyl (C=O) groups is 2. The molecular formula is C15H11ClNO4-. The predicted molar refractivity (Wildman–Crippen MR) is 72.5 cm³/mol. The number of rotatable bonds is 2. The van der Waals surface area contributed by atoms with Gasteiger partial charge in [-0.2, -0.15) is 0 Å². The Balaban J connectivity index is 1.73. The minimum atomic E-state index is -1.23. The Morgan fingerprint density at radius 2 is 2.10 bits per heavy atom. The van der Waals surface area contributed by atoms with E-state index < -0.39 is 29.5 Å². The molecule has 1 spiro atoms. The molecule has 5 nitrogen and oxygen atoms in total. The van der Waals surface area contributed by atoms with Crippen molar-refractivity contribution in [3.63, 3.8) is 0 Å². The first-order valence-corrected chi connectivity index (χ1v) is 7.05. The number of amides is 1. The number of anilines is 1. The van der Waals surface area contributed by atoms with Gasteiger partial charge in [-0.25, -0.2) is 0 Å². The SMILES string of the molecule is O=C([O-])[C@H]1[C@H]2C=C[C@]3(CN(c4ccc(Cl)cc4)C(=O)[C@@H]13)O2. The summed E-state index contributed by atoms with van der Waals surface area (Å²) in [7, 11) is 0. The quantitative estimate of drug-likeness (QED) is 0.741. The summed E-state index contributed by atoms with van der Waals surface area (Å²) in [5.41, 5.74) is -0.155. The predicted octanol–water partition coefficient (Wildman–Crippen LogP) is 0.376. The number of aliphatic carboxylic acids is 1. The van der Waals surface area contributed by atoms with Gasteiger partial charge in [-0.1, -0.05) is 23.8 Å². The van der Waals surface area contributed by atoms with Gasteiger partial charge in [-0.3, -0.25) is 4.79 Å². The number of hydrogen-bond donors (Lipinski definition) is 0. The maximum absolute atomic E-state index is 12.7. The molecule has 1 aromatic carbocycles. The molecular weight excluding hydrogens is 294 g/mol. The van der Waals surface area contributed by atoms with E-state index in [9.17, 15) is 14.7 Å². The van der Waals surface area contributed by atoms with Gasteiger partial charge in [0.15, 0.2) is 0 Å². The molecule has 2 fully saturated rings. The van der Waals surface area contributed by atoms with Crippen molar-refractivity contribution in [2.75, 3.05) is 11.4 Å². The summed E-state index contributed by atoms with van der Waals surface area (Å²) in [6.45, 7) is 0.314. The van der Waals surface area contributed by atoms with Crippen molar-refractivity contribution in [1.82, 2.24) is 0 Å². The van der Waals surface area contributed by atoms with E-state index in [1.54, 1.807) is 35.2 Å². The maximum Gasteiger partial charge on any atom is 0.234 e. The second-order valence-corrected chi connectivity index (χ2v) is 6.06. The summed E-state index contributed by atoms with van der Waals surface area (Å²) in [5.74, 6) is -3.10. The molecule has 0 radical (unpaired) electrons. The molecule has 0 N–H and O–H groups in total. The lowest BCUT2D eigenvalue weighted by molar-refractivity contribution is -0.313. The molecule has 2 saturated heterocycles. The number of nitrogens with zero attached hydrogens (tertiary/aromatic N) is 1. The highest BCUT2D eigenvalue weighted by atomic mass is 35.5. The zero-order valence-corrected chi connectivity index (χ0v) is 11.6. The van der Waals surface area contributed by atoms with Crippen molar-refractivity contribution in [3.05, 3.63) is 41.4 Å². The Morgan fingerprint density at radius 1 is 1.38 bits per heavy atom. The lowest BCUT2D eigenvalue weighted by atomic mass is 9.77. The Kier molecular flexibility index (Phi) is 2.50. The van der Waals surface area contributed by atoms with Crippen LogP contribution in [-0.2, 0) is 14.3 Å². The zero-order chi connectivity index (χ0) is 14.8. The van der Waals surface area contributed by atoms with Crippen LogP contribution in [0, 0.1) is 11.8 Å². The highest BCUT2D eigenvalue weighted by Gasteiger charge is 2.65. The number of carbonyl (C=O) groups excluding carboxylic acids is 2. The highest BCUT2D eigenvalue weighted by Crippen LogP contribution is 2.52. The molecule has 1 amide bonds. The number of carboxylic acids is 1. The van der Waals surface area contributed by atoms with Crippen molar-refractivity contribution < 1.29 is 19.4 Å². The first-order chi connectivity index (χ1) is 10.0. The molecule has 3 aliphatic rings. The second kappa shape index (κ2) is 4.08. The topological polar surface area (TPSA) is 69.7 Å². The van der Waals surface area contributed by atoms with E-state index in [4.69, 9.17) is 16.3 Å². The Labute approximate surface area is 125 Å². The fraction of sp³-hybridized carbons (Fsp3) is 0.333. The number of halogens is 1. The monoisotopic (exact) mass is 304 g/mol. The van der Waals surface area contributed by atoms with Crippen molar-refractivity contribution in [2.24, 2.45) is 11.8 Å². The van der Waals surface area contributed by atoms with Gasteiger partial charge in [0.05, 0.1) is 18.6 Å². The van der Waals surface area contributed by atoms with Crippen LogP contribution in [0.5, 0.6) is 0 Å². The molecule has 108 valence electrons. The number of carboxylic acid groups (broad SMARTS) is 1. The summed E-state index contributed by atoms with van der Waals surface area (Å²) in [6, 6.07) is 6.87. The molecule has 2 bridgehead atoms. The van der Waals surface area contributed by atoms with Gasteiger partial charge in [0.2, 0.25) is 5.91 Å². The Morgan fingerprint density at radius 3 is 2.76 bits per heavy atom. The molecule has 21 heavy (non-hydrogen) atoms. The van der Waals surface area contributed by atoms with Gasteiger partial charge in [-0.05, 0) is 24.3 Å². The van der Waals surface area contributed by atoms with Gasteiger partial charge in [0, 0.05) is 22.6 Å². The van der Waals surface area contributed by atoms with Gasteiger partial charge in [0.25, 0.3) is 0 Å². The Hall–Kier alpha value is -1.85. The van der Waals surface area contributed by atoms with Crippen molar-refractivity contribution in [1.29, 1.82) is 0 Å². The molecule has 6 heteroatoms. The third-order valence-corrected chi connectivity index (χ3v) is 4.76. The third-order valence-electron chi connectivity index (χ3n) is 4.51. The fourth-order valence-electron chi connectivity index (χ4n) is 3.61. The zero-order valence-electron chi connectivity index (χ0n) is 10.9. The van der Waals surface area contributed by atoms with E-state index in [1.165, 1.54) is 0 Å². The molecule has 4 rings (SSSR count). The number of benzene rings is 1. The molecule has 4 atom stereocenters. The van der Waals surface area contributed by atoms with E-state index >= 15 is 0 Å². The summed E-state index contributed by atoms with van der Waals surface area (Å²) in [5, 5.41) is 11.9. The molecule has 0 aliphatic carbocycles. The second-order valence-electron chi connectivity index (χ2n) is 5.62. The molecule has 1 aromatic rings. The molecule has 0 aromatic heterocycles. The summed E-state index contributed by atoms with van der Waals surface area (Å²) >= 11 is 5.85. The van der Waals surface area contributed by atoms with Gasteiger partial charge in [0.1, 0.15) is 5.60 Å². The molecule has 3 heterocycles. The van der Waals surface area contributed by atoms with Crippen LogP contribution in [0.15, 0.2) is 36.4 Å². The fourth-order valence-corrected chi connectivity index (χ4v) is 3.73. The average molecular weight is 305 g/mol. The standard InChI is InChI=1S/C15H12ClNO4/c16-8-1-3-9(4-2-8)17-7-15-6-5-10(21-15)11(14(19)20)12(15)13(17)18/h1-6,10-12H,7H2,(H,19,20)/p-1/t10-,11+,12-,15-/m1/s1. The minimum absolute atomic E-state index is 0.238. The largest absolute Gasteiger partial charge is 0.550 e. The third kappa shape index (κ3) is 1.61. The number of ether oxygens (including phenoxy) is 1. The summed E-state index contributed by atoms with van der Waals surface area (Å²) in [4.78, 5) is 25.6. The van der Waals surface area contributed by atoms with Crippen LogP contribution in [0.4, 0.5) is 5.69 Å². The Bertz CT molecular complexity index is 671. The van der Waals surface area contributed by atoms with Crippen LogP contribution in [-0.4, -0.2) is 30.1 Å². The molecule has 3 aliphatic heterocycles. The smallest absolute Gasteiger partial charge is 0.234 e. The van der Waals surface area contributed by atoms with Crippen LogP contribution in [0.2, 0.25) is 5.02 Å². The van der Waals surface area contributed by atoms with Gasteiger partial charge < -0.3 is 19.5 Å². The number of hydrogen-bond acceptors (Lipinski definition) is 4. The van der Waals surface area contributed by atoms with Crippen LogP contribution < -0.4 is 10.0 Å². The first kappa shape index (κ1) is 12.9. The normalized spacial score (nSPS) is 36.3. The van der Waals surface area contributed by atoms with Crippen LogP contribution in [0.25, 0.3) is 0 Å². The van der Waals surface area contributed by atoms with E-state index in [2.05, 4.69) is 0 Å². The van der Waals surface area contributed by atoms with Crippen LogP contribution >= 0.6 is 11.6 Å². The molecule has 0 unspecified atom stereocenters.